The SMILES string of the molecule is CCN1CCCC1CNC(=O)c1ccc(CSc2nc(C)cs2)cc1. The number of likely N-dealkylation sites (N-methyl/N-ethyl adjacent to an activating group) is 1. The Morgan fingerprint density at radius 1 is 1.40 bits per heavy atom. The Bertz CT molecular complexity index is 699. The Balaban J connectivity index is 1.48. The molecule has 1 amide bonds. The molecule has 1 aromatic heterocycles. The van der Waals surface area contributed by atoms with Crippen LogP contribution in [0.25, 0.3) is 0 Å². The Morgan fingerprint density at radius 3 is 2.88 bits per heavy atom. The predicted molar refractivity (Wildman–Crippen MR) is 105 cm³/mol. The van der Waals surface area contributed by atoms with Gasteiger partial charge in [0.25, 0.3) is 5.91 Å². The maximum absolute atomic E-state index is 12.3. The van der Waals surface area contributed by atoms with Gasteiger partial charge in [-0.05, 0) is 50.6 Å². The van der Waals surface area contributed by atoms with Crippen LogP contribution in [0, 0.1) is 6.92 Å². The van der Waals surface area contributed by atoms with E-state index in [1.54, 1.807) is 23.1 Å². The second-order valence-corrected chi connectivity index (χ2v) is 8.46. The number of nitrogens with zero attached hydrogens (tertiary/aromatic N) is 2. The first-order valence-corrected chi connectivity index (χ1v) is 10.7. The summed E-state index contributed by atoms with van der Waals surface area (Å²) in [7, 11) is 0. The van der Waals surface area contributed by atoms with Crippen LogP contribution in [0.2, 0.25) is 0 Å². The second kappa shape index (κ2) is 8.83. The van der Waals surface area contributed by atoms with Gasteiger partial charge in [0, 0.05) is 35.0 Å². The maximum atomic E-state index is 12.3. The van der Waals surface area contributed by atoms with Crippen LogP contribution in [0.1, 0.15) is 41.4 Å². The first-order chi connectivity index (χ1) is 12.2. The van der Waals surface area contributed by atoms with Crippen LogP contribution < -0.4 is 5.32 Å². The smallest absolute Gasteiger partial charge is 0.251 e. The second-order valence-electron chi connectivity index (χ2n) is 6.38. The lowest BCUT2D eigenvalue weighted by atomic mass is 10.1. The number of rotatable bonds is 7. The molecule has 0 saturated carbocycles. The van der Waals surface area contributed by atoms with Crippen molar-refractivity contribution in [3.05, 3.63) is 46.5 Å². The molecule has 1 unspecified atom stereocenters. The number of carbonyl (C=O) groups excluding carboxylic acids is 1. The minimum atomic E-state index is 0.0257. The molecule has 1 N–H and O–H groups in total. The molecule has 0 radical (unpaired) electrons. The molecular weight excluding hydrogens is 350 g/mol. The highest BCUT2D eigenvalue weighted by molar-refractivity contribution is 8.00. The number of aryl methyl sites for hydroxylation is 1. The minimum Gasteiger partial charge on any atom is -0.350 e. The standard InChI is InChI=1S/C19H25N3OS2/c1-3-22-10-4-5-17(22)11-20-18(23)16-8-6-15(7-9-16)13-25-19-21-14(2)12-24-19/h6-9,12,17H,3-5,10-11,13H2,1-2H3,(H,20,23). The third kappa shape index (κ3) is 5.06. The Labute approximate surface area is 158 Å². The van der Waals surface area contributed by atoms with Gasteiger partial charge in [0.15, 0.2) is 0 Å². The number of hydrogen-bond acceptors (Lipinski definition) is 5. The number of amides is 1. The van der Waals surface area contributed by atoms with E-state index >= 15 is 0 Å². The summed E-state index contributed by atoms with van der Waals surface area (Å²) in [4.78, 5) is 19.3. The summed E-state index contributed by atoms with van der Waals surface area (Å²) in [5, 5.41) is 5.16. The van der Waals surface area contributed by atoms with Gasteiger partial charge in [-0.25, -0.2) is 4.98 Å². The summed E-state index contributed by atoms with van der Waals surface area (Å²) < 4.78 is 1.09. The van der Waals surface area contributed by atoms with E-state index in [4.69, 9.17) is 0 Å². The molecule has 0 spiro atoms. The molecule has 1 aromatic carbocycles. The molecule has 1 atom stereocenters. The van der Waals surface area contributed by atoms with Crippen LogP contribution in [-0.4, -0.2) is 41.5 Å². The van der Waals surface area contributed by atoms with E-state index in [1.807, 2.05) is 31.2 Å². The maximum Gasteiger partial charge on any atom is 0.251 e. The largest absolute Gasteiger partial charge is 0.350 e. The van der Waals surface area contributed by atoms with E-state index in [0.717, 1.165) is 41.0 Å². The van der Waals surface area contributed by atoms with Crippen LogP contribution in [0.4, 0.5) is 0 Å². The zero-order chi connectivity index (χ0) is 17.6. The van der Waals surface area contributed by atoms with Crippen molar-refractivity contribution < 1.29 is 4.79 Å². The molecule has 6 heteroatoms. The van der Waals surface area contributed by atoms with Crippen LogP contribution in [0.5, 0.6) is 0 Å². The van der Waals surface area contributed by atoms with Gasteiger partial charge in [-0.3, -0.25) is 9.69 Å². The average molecular weight is 376 g/mol. The van der Waals surface area contributed by atoms with E-state index in [9.17, 15) is 4.79 Å². The van der Waals surface area contributed by atoms with Crippen LogP contribution in [0.15, 0.2) is 34.0 Å². The molecule has 2 heterocycles. The highest BCUT2D eigenvalue weighted by Gasteiger charge is 2.23. The van der Waals surface area contributed by atoms with E-state index in [2.05, 4.69) is 27.5 Å². The predicted octanol–water partition coefficient (Wildman–Crippen LogP) is 3.96. The molecule has 3 rings (SSSR count). The lowest BCUT2D eigenvalue weighted by molar-refractivity contribution is 0.0941. The number of carbonyl (C=O) groups is 1. The van der Waals surface area contributed by atoms with E-state index in [1.165, 1.54) is 18.4 Å². The van der Waals surface area contributed by atoms with Gasteiger partial charge in [0.05, 0.1) is 0 Å². The number of benzene rings is 1. The molecule has 1 aliphatic rings. The summed E-state index contributed by atoms with van der Waals surface area (Å²) in [5.74, 6) is 0.903. The molecule has 1 fully saturated rings. The molecular formula is C19H25N3OS2. The summed E-state index contributed by atoms with van der Waals surface area (Å²) in [6.45, 7) is 7.16. The number of likely N-dealkylation sites (tertiary alicyclic amines) is 1. The van der Waals surface area contributed by atoms with E-state index < -0.39 is 0 Å². The number of nitrogens with one attached hydrogen (secondary N) is 1. The Morgan fingerprint density at radius 2 is 2.20 bits per heavy atom. The van der Waals surface area contributed by atoms with Crippen molar-refractivity contribution in [2.24, 2.45) is 0 Å². The van der Waals surface area contributed by atoms with Gasteiger partial charge in [0.1, 0.15) is 4.34 Å². The van der Waals surface area contributed by atoms with Crippen LogP contribution in [0.3, 0.4) is 0 Å². The summed E-state index contributed by atoms with van der Waals surface area (Å²) >= 11 is 3.42. The first-order valence-electron chi connectivity index (χ1n) is 8.82. The van der Waals surface area contributed by atoms with Gasteiger partial charge < -0.3 is 5.32 Å². The molecule has 1 saturated heterocycles. The molecule has 134 valence electrons. The van der Waals surface area contributed by atoms with Gasteiger partial charge >= 0.3 is 0 Å². The fraction of sp³-hybridized carbons (Fsp3) is 0.474. The number of thiazole rings is 1. The molecule has 1 aliphatic heterocycles. The normalized spacial score (nSPS) is 17.8. The Kier molecular flexibility index (Phi) is 6.51. The van der Waals surface area contributed by atoms with Crippen LogP contribution in [-0.2, 0) is 5.75 Å². The fourth-order valence-electron chi connectivity index (χ4n) is 3.15. The molecule has 4 nitrogen and oxygen atoms in total. The number of hydrogen-bond donors (Lipinski definition) is 1. The lowest BCUT2D eigenvalue weighted by Crippen LogP contribution is -2.40. The Hall–Kier alpha value is -1.37. The molecule has 2 aromatic rings. The van der Waals surface area contributed by atoms with Crippen molar-refractivity contribution in [1.82, 2.24) is 15.2 Å². The van der Waals surface area contributed by atoms with Gasteiger partial charge in [-0.15, -0.1) is 11.3 Å². The van der Waals surface area contributed by atoms with E-state index in [-0.39, 0.29) is 5.91 Å². The third-order valence-electron chi connectivity index (χ3n) is 4.58. The number of thioether (sulfide) groups is 1. The third-order valence-corrected chi connectivity index (χ3v) is 6.79. The molecule has 25 heavy (non-hydrogen) atoms. The summed E-state index contributed by atoms with van der Waals surface area (Å²) in [6.07, 6.45) is 2.42. The van der Waals surface area contributed by atoms with Gasteiger partial charge in [0.2, 0.25) is 0 Å². The summed E-state index contributed by atoms with van der Waals surface area (Å²) in [5.41, 5.74) is 3.02. The van der Waals surface area contributed by atoms with Crippen molar-refractivity contribution in [3.63, 3.8) is 0 Å². The van der Waals surface area contributed by atoms with Gasteiger partial charge in [-0.2, -0.15) is 0 Å². The minimum absolute atomic E-state index is 0.0257. The highest BCUT2D eigenvalue weighted by Crippen LogP contribution is 2.26. The zero-order valence-electron chi connectivity index (χ0n) is 14.8. The number of aromatic nitrogens is 1. The molecule has 0 bridgehead atoms. The average Bonchev–Trinajstić information content (AvgIpc) is 3.26. The van der Waals surface area contributed by atoms with Crippen molar-refractivity contribution in [3.8, 4) is 0 Å². The van der Waals surface area contributed by atoms with Crippen molar-refractivity contribution in [2.45, 2.75) is 42.8 Å². The molecule has 0 aliphatic carbocycles. The first kappa shape index (κ1) is 18.4. The monoisotopic (exact) mass is 375 g/mol. The fourth-order valence-corrected chi connectivity index (χ4v) is 4.96. The quantitative estimate of drug-likeness (QED) is 0.744. The topological polar surface area (TPSA) is 45.2 Å². The highest BCUT2D eigenvalue weighted by atomic mass is 32.2. The van der Waals surface area contributed by atoms with Crippen molar-refractivity contribution in [1.29, 1.82) is 0 Å². The van der Waals surface area contributed by atoms with Gasteiger partial charge in [-0.1, -0.05) is 30.8 Å². The van der Waals surface area contributed by atoms with Crippen molar-refractivity contribution >= 4 is 29.0 Å². The zero-order valence-corrected chi connectivity index (χ0v) is 16.5. The van der Waals surface area contributed by atoms with Crippen LogP contribution >= 0.6 is 23.1 Å². The summed E-state index contributed by atoms with van der Waals surface area (Å²) in [6, 6.07) is 8.41. The van der Waals surface area contributed by atoms with E-state index in [0.29, 0.717) is 6.04 Å². The lowest BCUT2D eigenvalue weighted by Gasteiger charge is -2.22. The van der Waals surface area contributed by atoms with Crippen molar-refractivity contribution in [2.75, 3.05) is 19.6 Å².